The van der Waals surface area contributed by atoms with Gasteiger partial charge in [-0.1, -0.05) is 0 Å². The number of nitrogens with zero attached hydrogens (tertiary/aromatic N) is 3. The smallest absolute Gasteiger partial charge is 0.0588 e. The minimum Gasteiger partial charge on any atom is -0.352 e. The van der Waals surface area contributed by atoms with Crippen molar-refractivity contribution in [2.24, 2.45) is 11.7 Å². The van der Waals surface area contributed by atoms with Crippen LogP contribution in [0.1, 0.15) is 30.0 Å². The lowest BCUT2D eigenvalue weighted by molar-refractivity contribution is 0.532. The van der Waals surface area contributed by atoms with Gasteiger partial charge in [-0.2, -0.15) is 5.10 Å². The third kappa shape index (κ3) is 2.48. The summed E-state index contributed by atoms with van der Waals surface area (Å²) >= 11 is 0. The maximum Gasteiger partial charge on any atom is 0.0588 e. The zero-order valence-corrected chi connectivity index (χ0v) is 10.8. The average molecular weight is 244 g/mol. The molecule has 1 saturated carbocycles. The summed E-state index contributed by atoms with van der Waals surface area (Å²) in [5, 5.41) is 4.29. The maximum absolute atomic E-state index is 6.19. The predicted molar refractivity (Wildman–Crippen MR) is 71.0 cm³/mol. The van der Waals surface area contributed by atoms with Crippen LogP contribution in [0.15, 0.2) is 30.9 Å². The predicted octanol–water partition coefficient (Wildman–Crippen LogP) is 2.10. The fourth-order valence-electron chi connectivity index (χ4n) is 2.33. The molecule has 2 aromatic heterocycles. The molecule has 0 saturated heterocycles. The van der Waals surface area contributed by atoms with E-state index in [9.17, 15) is 0 Å². The number of nitrogens with two attached hydrogens (primary N) is 1. The van der Waals surface area contributed by atoms with Gasteiger partial charge in [0.1, 0.15) is 0 Å². The SMILES string of the molecule is Cc1cnn(CCn2ccc(C(N)C3CC3)c2)c1. The highest BCUT2D eigenvalue weighted by Crippen LogP contribution is 2.39. The summed E-state index contributed by atoms with van der Waals surface area (Å²) in [6.07, 6.45) is 10.8. The highest BCUT2D eigenvalue weighted by Gasteiger charge is 2.29. The van der Waals surface area contributed by atoms with Gasteiger partial charge in [0, 0.05) is 31.2 Å². The Hall–Kier alpha value is -1.55. The van der Waals surface area contributed by atoms with Gasteiger partial charge in [-0.3, -0.25) is 4.68 Å². The molecule has 0 spiro atoms. The normalized spacial score (nSPS) is 17.0. The molecule has 4 heteroatoms. The van der Waals surface area contributed by atoms with Crippen molar-refractivity contribution < 1.29 is 0 Å². The van der Waals surface area contributed by atoms with Gasteiger partial charge in [-0.15, -0.1) is 0 Å². The average Bonchev–Trinajstić information content (AvgIpc) is 2.96. The molecular weight excluding hydrogens is 224 g/mol. The summed E-state index contributed by atoms with van der Waals surface area (Å²) in [4.78, 5) is 0. The summed E-state index contributed by atoms with van der Waals surface area (Å²) in [5.74, 6) is 0.717. The van der Waals surface area contributed by atoms with Crippen molar-refractivity contribution in [3.05, 3.63) is 42.0 Å². The van der Waals surface area contributed by atoms with Gasteiger partial charge >= 0.3 is 0 Å². The van der Waals surface area contributed by atoms with Crippen molar-refractivity contribution in [1.82, 2.24) is 14.3 Å². The van der Waals surface area contributed by atoms with Gasteiger partial charge in [-0.05, 0) is 42.9 Å². The standard InChI is InChI=1S/C14H20N4/c1-11-8-16-18(9-11)7-6-17-5-4-13(10-17)14(15)12-2-3-12/h4-5,8-10,12,14H,2-3,6-7,15H2,1H3. The number of hydrogen-bond acceptors (Lipinski definition) is 2. The van der Waals surface area contributed by atoms with Crippen LogP contribution in [0.25, 0.3) is 0 Å². The largest absolute Gasteiger partial charge is 0.352 e. The molecule has 3 rings (SSSR count). The van der Waals surface area contributed by atoms with E-state index in [1.165, 1.54) is 24.0 Å². The van der Waals surface area contributed by atoms with Gasteiger partial charge in [0.25, 0.3) is 0 Å². The van der Waals surface area contributed by atoms with Gasteiger partial charge in [0.2, 0.25) is 0 Å². The Morgan fingerprint density at radius 3 is 2.89 bits per heavy atom. The highest BCUT2D eigenvalue weighted by atomic mass is 15.3. The van der Waals surface area contributed by atoms with Crippen molar-refractivity contribution in [2.75, 3.05) is 0 Å². The molecule has 18 heavy (non-hydrogen) atoms. The Bertz CT molecular complexity index is 521. The summed E-state index contributed by atoms with van der Waals surface area (Å²) < 4.78 is 4.18. The van der Waals surface area contributed by atoms with Crippen LogP contribution in [0.4, 0.5) is 0 Å². The van der Waals surface area contributed by atoms with Gasteiger partial charge in [0.05, 0.1) is 12.7 Å². The van der Waals surface area contributed by atoms with E-state index in [1.54, 1.807) is 0 Å². The van der Waals surface area contributed by atoms with Crippen LogP contribution in [0, 0.1) is 12.8 Å². The molecule has 2 heterocycles. The molecule has 0 aliphatic heterocycles. The third-order valence-corrected chi connectivity index (χ3v) is 3.64. The lowest BCUT2D eigenvalue weighted by Crippen LogP contribution is -2.11. The quantitative estimate of drug-likeness (QED) is 0.875. The molecule has 2 aromatic rings. The molecule has 1 atom stereocenters. The van der Waals surface area contributed by atoms with E-state index in [0.717, 1.165) is 19.0 Å². The summed E-state index contributed by atoms with van der Waals surface area (Å²) in [5.41, 5.74) is 8.67. The van der Waals surface area contributed by atoms with Crippen LogP contribution < -0.4 is 5.73 Å². The van der Waals surface area contributed by atoms with E-state index in [-0.39, 0.29) is 6.04 Å². The molecule has 0 radical (unpaired) electrons. The Balaban J connectivity index is 1.59. The van der Waals surface area contributed by atoms with Crippen molar-refractivity contribution in [3.63, 3.8) is 0 Å². The topological polar surface area (TPSA) is 48.8 Å². The van der Waals surface area contributed by atoms with Crippen LogP contribution in [0.2, 0.25) is 0 Å². The Labute approximate surface area is 107 Å². The molecule has 0 bridgehead atoms. The fourth-order valence-corrected chi connectivity index (χ4v) is 2.33. The third-order valence-electron chi connectivity index (χ3n) is 3.64. The number of aromatic nitrogens is 3. The lowest BCUT2D eigenvalue weighted by Gasteiger charge is -2.07. The molecule has 2 N–H and O–H groups in total. The first kappa shape index (κ1) is 11.5. The molecule has 1 fully saturated rings. The highest BCUT2D eigenvalue weighted by molar-refractivity contribution is 5.17. The number of aryl methyl sites for hydroxylation is 3. The van der Waals surface area contributed by atoms with E-state index in [2.05, 4.69) is 41.2 Å². The lowest BCUT2D eigenvalue weighted by atomic mass is 10.1. The second kappa shape index (κ2) is 4.61. The van der Waals surface area contributed by atoms with Crippen molar-refractivity contribution in [3.8, 4) is 0 Å². The zero-order valence-electron chi connectivity index (χ0n) is 10.8. The van der Waals surface area contributed by atoms with Gasteiger partial charge in [0.15, 0.2) is 0 Å². The van der Waals surface area contributed by atoms with Crippen LogP contribution >= 0.6 is 0 Å². The maximum atomic E-state index is 6.19. The summed E-state index contributed by atoms with van der Waals surface area (Å²) in [6.45, 7) is 3.91. The minimum atomic E-state index is 0.234. The van der Waals surface area contributed by atoms with Crippen molar-refractivity contribution in [1.29, 1.82) is 0 Å². The number of rotatable bonds is 5. The Kier molecular flexibility index (Phi) is 2.96. The molecular formula is C14H20N4. The van der Waals surface area contributed by atoms with E-state index < -0.39 is 0 Å². The van der Waals surface area contributed by atoms with Gasteiger partial charge in [-0.25, -0.2) is 0 Å². The van der Waals surface area contributed by atoms with Gasteiger partial charge < -0.3 is 10.3 Å². The first-order valence-electron chi connectivity index (χ1n) is 6.63. The molecule has 4 nitrogen and oxygen atoms in total. The van der Waals surface area contributed by atoms with Crippen LogP contribution in [0.5, 0.6) is 0 Å². The monoisotopic (exact) mass is 244 g/mol. The summed E-state index contributed by atoms with van der Waals surface area (Å²) in [6, 6.07) is 2.38. The van der Waals surface area contributed by atoms with E-state index in [4.69, 9.17) is 5.73 Å². The summed E-state index contributed by atoms with van der Waals surface area (Å²) in [7, 11) is 0. The van der Waals surface area contributed by atoms with Crippen LogP contribution in [-0.2, 0) is 13.1 Å². The second-order valence-corrected chi connectivity index (χ2v) is 5.33. The zero-order chi connectivity index (χ0) is 12.5. The van der Waals surface area contributed by atoms with E-state index >= 15 is 0 Å². The van der Waals surface area contributed by atoms with E-state index in [1.807, 2.05) is 10.9 Å². The molecule has 96 valence electrons. The molecule has 1 aliphatic carbocycles. The first-order chi connectivity index (χ1) is 8.72. The Morgan fingerprint density at radius 2 is 2.22 bits per heavy atom. The number of hydrogen-bond donors (Lipinski definition) is 1. The molecule has 1 unspecified atom stereocenters. The fraction of sp³-hybridized carbons (Fsp3) is 0.500. The molecule has 0 aromatic carbocycles. The van der Waals surface area contributed by atoms with E-state index in [0.29, 0.717) is 0 Å². The Morgan fingerprint density at radius 1 is 1.39 bits per heavy atom. The minimum absolute atomic E-state index is 0.234. The van der Waals surface area contributed by atoms with Crippen molar-refractivity contribution >= 4 is 0 Å². The van der Waals surface area contributed by atoms with Crippen LogP contribution in [-0.4, -0.2) is 14.3 Å². The molecule has 0 amide bonds. The van der Waals surface area contributed by atoms with Crippen LogP contribution in [0.3, 0.4) is 0 Å². The first-order valence-corrected chi connectivity index (χ1v) is 6.63. The second-order valence-electron chi connectivity index (χ2n) is 5.33. The molecule has 1 aliphatic rings. The van der Waals surface area contributed by atoms with Crippen molar-refractivity contribution in [2.45, 2.75) is 38.9 Å².